The fourth-order valence-corrected chi connectivity index (χ4v) is 2.60. The summed E-state index contributed by atoms with van der Waals surface area (Å²) in [6, 6.07) is 14.5. The van der Waals surface area contributed by atoms with Crippen LogP contribution in [0.3, 0.4) is 0 Å². The van der Waals surface area contributed by atoms with Gasteiger partial charge in [0.1, 0.15) is 5.75 Å². The summed E-state index contributed by atoms with van der Waals surface area (Å²) < 4.78 is 7.05. The van der Waals surface area contributed by atoms with Gasteiger partial charge < -0.3 is 15.2 Å². The largest absolute Gasteiger partial charge is 0.494 e. The van der Waals surface area contributed by atoms with Crippen molar-refractivity contribution >= 4 is 17.5 Å². The number of aliphatic hydroxyl groups is 1. The van der Waals surface area contributed by atoms with E-state index in [1.165, 1.54) is 0 Å². The molecule has 1 aromatic heterocycles. The van der Waals surface area contributed by atoms with E-state index < -0.39 is 5.91 Å². The maximum absolute atomic E-state index is 12.2. The lowest BCUT2D eigenvalue weighted by Crippen LogP contribution is -2.27. The summed E-state index contributed by atoms with van der Waals surface area (Å²) in [7, 11) is 0. The minimum Gasteiger partial charge on any atom is -0.494 e. The van der Waals surface area contributed by atoms with Crippen LogP contribution in [0.2, 0.25) is 5.02 Å². The number of hydrogen-bond donors (Lipinski definition) is 2. The molecule has 0 spiro atoms. The Balaban J connectivity index is 2.02. The number of carbonyl (C=O) groups excluding carboxylic acids is 1. The van der Waals surface area contributed by atoms with Gasteiger partial charge in [0.25, 0.3) is 5.91 Å². The first-order valence-corrected chi connectivity index (χ1v) is 8.85. The zero-order valence-electron chi connectivity index (χ0n) is 14.7. The highest BCUT2D eigenvalue weighted by molar-refractivity contribution is 6.30. The normalized spacial score (nSPS) is 10.6. The van der Waals surface area contributed by atoms with Crippen molar-refractivity contribution in [1.82, 2.24) is 20.1 Å². The van der Waals surface area contributed by atoms with Crippen molar-refractivity contribution in [3.8, 4) is 22.8 Å². The molecule has 0 atom stereocenters. The Kier molecular flexibility index (Phi) is 6.05. The van der Waals surface area contributed by atoms with Gasteiger partial charge in [-0.15, -0.1) is 5.10 Å². The van der Waals surface area contributed by atoms with E-state index in [4.69, 9.17) is 21.4 Å². The zero-order chi connectivity index (χ0) is 19.2. The van der Waals surface area contributed by atoms with Crippen molar-refractivity contribution in [2.45, 2.75) is 6.92 Å². The van der Waals surface area contributed by atoms with Crippen LogP contribution in [0.1, 0.15) is 17.5 Å². The van der Waals surface area contributed by atoms with E-state index >= 15 is 0 Å². The summed E-state index contributed by atoms with van der Waals surface area (Å²) in [5, 5.41) is 16.4. The molecule has 0 fully saturated rings. The molecule has 140 valence electrons. The number of carbonyl (C=O) groups is 1. The van der Waals surface area contributed by atoms with E-state index in [9.17, 15) is 4.79 Å². The van der Waals surface area contributed by atoms with Crippen LogP contribution in [-0.4, -0.2) is 45.5 Å². The number of nitrogens with zero attached hydrogens (tertiary/aromatic N) is 3. The molecule has 0 saturated carbocycles. The highest BCUT2D eigenvalue weighted by Gasteiger charge is 2.18. The predicted octanol–water partition coefficient (Wildman–Crippen LogP) is 2.71. The number of rotatable bonds is 7. The third kappa shape index (κ3) is 4.45. The van der Waals surface area contributed by atoms with E-state index in [1.54, 1.807) is 16.8 Å². The third-order valence-electron chi connectivity index (χ3n) is 3.70. The lowest BCUT2D eigenvalue weighted by Gasteiger charge is -2.08. The maximum Gasteiger partial charge on any atom is 0.291 e. The molecule has 0 aliphatic rings. The number of aliphatic hydroxyl groups excluding tert-OH is 1. The number of hydrogen-bond acceptors (Lipinski definition) is 5. The van der Waals surface area contributed by atoms with Crippen molar-refractivity contribution in [1.29, 1.82) is 0 Å². The van der Waals surface area contributed by atoms with Crippen LogP contribution in [0.5, 0.6) is 5.75 Å². The van der Waals surface area contributed by atoms with Gasteiger partial charge in [0.15, 0.2) is 5.82 Å². The standard InChI is InChI=1S/C19H19ClN4O3/c1-2-27-16-9-7-15(8-10-16)24-18(13-3-5-14(20)6-4-13)22-17(23-24)19(26)21-11-12-25/h3-10,25H,2,11-12H2,1H3,(H,21,26). The van der Waals surface area contributed by atoms with Crippen LogP contribution in [0.15, 0.2) is 48.5 Å². The highest BCUT2D eigenvalue weighted by atomic mass is 35.5. The number of nitrogens with one attached hydrogen (secondary N) is 1. The van der Waals surface area contributed by atoms with Crippen molar-refractivity contribution < 1.29 is 14.6 Å². The van der Waals surface area contributed by atoms with Crippen LogP contribution in [0.4, 0.5) is 0 Å². The molecule has 0 bridgehead atoms. The average molecular weight is 387 g/mol. The Hall–Kier alpha value is -2.90. The first kappa shape index (κ1) is 18.9. The van der Waals surface area contributed by atoms with Gasteiger partial charge in [-0.1, -0.05) is 11.6 Å². The fraction of sp³-hybridized carbons (Fsp3) is 0.211. The van der Waals surface area contributed by atoms with Gasteiger partial charge in [-0.3, -0.25) is 4.79 Å². The lowest BCUT2D eigenvalue weighted by molar-refractivity contribution is 0.0934. The van der Waals surface area contributed by atoms with Crippen LogP contribution >= 0.6 is 11.6 Å². The number of amides is 1. The van der Waals surface area contributed by atoms with Gasteiger partial charge in [-0.2, -0.15) is 0 Å². The van der Waals surface area contributed by atoms with E-state index in [1.807, 2.05) is 43.3 Å². The lowest BCUT2D eigenvalue weighted by atomic mass is 10.2. The number of ether oxygens (including phenoxy) is 1. The number of benzene rings is 2. The first-order valence-electron chi connectivity index (χ1n) is 8.47. The molecule has 7 nitrogen and oxygen atoms in total. The van der Waals surface area contributed by atoms with Crippen LogP contribution in [-0.2, 0) is 0 Å². The molecule has 8 heteroatoms. The van der Waals surface area contributed by atoms with Gasteiger partial charge in [-0.25, -0.2) is 9.67 Å². The summed E-state index contributed by atoms with van der Waals surface area (Å²) in [4.78, 5) is 16.6. The molecule has 0 aliphatic heterocycles. The number of aromatic nitrogens is 3. The van der Waals surface area contributed by atoms with Crippen LogP contribution in [0, 0.1) is 0 Å². The van der Waals surface area contributed by atoms with Crippen molar-refractivity contribution in [3.63, 3.8) is 0 Å². The molecule has 0 unspecified atom stereocenters. The topological polar surface area (TPSA) is 89.3 Å². The van der Waals surface area contributed by atoms with Crippen molar-refractivity contribution in [2.24, 2.45) is 0 Å². The maximum atomic E-state index is 12.2. The average Bonchev–Trinajstić information content (AvgIpc) is 3.13. The minimum atomic E-state index is -0.455. The van der Waals surface area contributed by atoms with Gasteiger partial charge in [0.05, 0.1) is 18.9 Å². The molecule has 2 N–H and O–H groups in total. The summed E-state index contributed by atoms with van der Waals surface area (Å²) in [6.07, 6.45) is 0. The second kappa shape index (κ2) is 8.66. The highest BCUT2D eigenvalue weighted by Crippen LogP contribution is 2.24. The quantitative estimate of drug-likeness (QED) is 0.651. The van der Waals surface area contributed by atoms with E-state index in [2.05, 4.69) is 15.4 Å². The number of halogens is 1. The minimum absolute atomic E-state index is 0.0160. The molecule has 0 saturated heterocycles. The third-order valence-corrected chi connectivity index (χ3v) is 3.95. The molecule has 27 heavy (non-hydrogen) atoms. The van der Waals surface area contributed by atoms with Gasteiger partial charge in [0.2, 0.25) is 5.82 Å². The van der Waals surface area contributed by atoms with Gasteiger partial charge >= 0.3 is 0 Å². The molecule has 3 aromatic rings. The van der Waals surface area contributed by atoms with Crippen LogP contribution in [0.25, 0.3) is 17.1 Å². The Labute approximate surface area is 161 Å². The molecule has 1 heterocycles. The van der Waals surface area contributed by atoms with Crippen molar-refractivity contribution in [3.05, 3.63) is 59.4 Å². The second-order valence-electron chi connectivity index (χ2n) is 5.58. The Bertz CT molecular complexity index is 908. The van der Waals surface area contributed by atoms with Crippen LogP contribution < -0.4 is 10.1 Å². The van der Waals surface area contributed by atoms with E-state index in [0.717, 1.165) is 17.0 Å². The second-order valence-corrected chi connectivity index (χ2v) is 6.02. The molecular formula is C19H19ClN4O3. The molecular weight excluding hydrogens is 368 g/mol. The summed E-state index contributed by atoms with van der Waals surface area (Å²) in [5.41, 5.74) is 1.50. The molecule has 0 aliphatic carbocycles. The van der Waals surface area contributed by atoms with Crippen molar-refractivity contribution in [2.75, 3.05) is 19.8 Å². The summed E-state index contributed by atoms with van der Waals surface area (Å²) in [5.74, 6) is 0.812. The Morgan fingerprint density at radius 1 is 1.19 bits per heavy atom. The van der Waals surface area contributed by atoms with Gasteiger partial charge in [-0.05, 0) is 55.5 Å². The smallest absolute Gasteiger partial charge is 0.291 e. The summed E-state index contributed by atoms with van der Waals surface area (Å²) >= 11 is 5.97. The fourth-order valence-electron chi connectivity index (χ4n) is 2.47. The van der Waals surface area contributed by atoms with Gasteiger partial charge in [0, 0.05) is 17.1 Å². The molecule has 1 amide bonds. The first-order chi connectivity index (χ1) is 13.1. The zero-order valence-corrected chi connectivity index (χ0v) is 15.5. The van der Waals surface area contributed by atoms with E-state index in [0.29, 0.717) is 17.5 Å². The van der Waals surface area contributed by atoms with E-state index in [-0.39, 0.29) is 19.0 Å². The Morgan fingerprint density at radius 2 is 1.89 bits per heavy atom. The molecule has 3 rings (SSSR count). The summed E-state index contributed by atoms with van der Waals surface area (Å²) in [6.45, 7) is 2.47. The molecule has 0 radical (unpaired) electrons. The predicted molar refractivity (Wildman–Crippen MR) is 102 cm³/mol. The monoisotopic (exact) mass is 386 g/mol. The Morgan fingerprint density at radius 3 is 2.52 bits per heavy atom. The molecule has 2 aromatic carbocycles. The SMILES string of the molecule is CCOc1ccc(-n2nc(C(=O)NCCO)nc2-c2ccc(Cl)cc2)cc1.